The molecule has 4 N–H and O–H groups in total. The smallest absolute Gasteiger partial charge is 0.340 e. The van der Waals surface area contributed by atoms with Crippen molar-refractivity contribution in [2.24, 2.45) is 0 Å². The average molecular weight is 467 g/mol. The topological polar surface area (TPSA) is 100 Å². The van der Waals surface area contributed by atoms with Gasteiger partial charge in [0.2, 0.25) is 0 Å². The third-order valence-corrected chi connectivity index (χ3v) is 5.95. The van der Waals surface area contributed by atoms with Gasteiger partial charge < -0.3 is 30.3 Å². The van der Waals surface area contributed by atoms with Crippen LogP contribution in [0.25, 0.3) is 0 Å². The van der Waals surface area contributed by atoms with Crippen molar-refractivity contribution in [3.8, 4) is 23.0 Å². The van der Waals surface area contributed by atoms with E-state index in [1.807, 2.05) is 12.1 Å². The molecular formula is C23H18N2O5S2. The minimum atomic E-state index is -1.31. The van der Waals surface area contributed by atoms with Gasteiger partial charge in [0.25, 0.3) is 0 Å². The van der Waals surface area contributed by atoms with Crippen molar-refractivity contribution < 1.29 is 24.5 Å². The molecular weight excluding hydrogens is 448 g/mol. The SMILES string of the molecule is O=C1OC2(c3ccc(O)cc3Oc3c2ccc(O)c3NC(=S)NCCS)c2ccccc21. The van der Waals surface area contributed by atoms with E-state index in [9.17, 15) is 15.0 Å². The maximum absolute atomic E-state index is 12.9. The number of thiocarbonyl (C=S) groups is 1. The second kappa shape index (κ2) is 7.61. The normalized spacial score (nSPS) is 17.6. The van der Waals surface area contributed by atoms with Crippen LogP contribution in [0.4, 0.5) is 5.69 Å². The minimum Gasteiger partial charge on any atom is -0.508 e. The van der Waals surface area contributed by atoms with Crippen LogP contribution in [0.2, 0.25) is 0 Å². The first-order valence-corrected chi connectivity index (χ1v) is 10.9. The summed E-state index contributed by atoms with van der Waals surface area (Å²) in [5.41, 5.74) is 1.07. The summed E-state index contributed by atoms with van der Waals surface area (Å²) in [4.78, 5) is 12.9. The lowest BCUT2D eigenvalue weighted by Gasteiger charge is -2.37. The number of ether oxygens (including phenoxy) is 2. The zero-order valence-electron chi connectivity index (χ0n) is 16.6. The van der Waals surface area contributed by atoms with Gasteiger partial charge in [-0.25, -0.2) is 4.79 Å². The van der Waals surface area contributed by atoms with Crippen molar-refractivity contribution in [2.75, 3.05) is 17.6 Å². The summed E-state index contributed by atoms with van der Waals surface area (Å²) in [7, 11) is 0. The summed E-state index contributed by atoms with van der Waals surface area (Å²) >= 11 is 9.48. The molecule has 0 fully saturated rings. The van der Waals surface area contributed by atoms with Gasteiger partial charge in [0.1, 0.15) is 22.9 Å². The van der Waals surface area contributed by atoms with Crippen molar-refractivity contribution in [2.45, 2.75) is 5.60 Å². The van der Waals surface area contributed by atoms with Gasteiger partial charge in [-0.05, 0) is 42.5 Å². The number of rotatable bonds is 3. The highest BCUT2D eigenvalue weighted by atomic mass is 32.1. The van der Waals surface area contributed by atoms with E-state index in [1.165, 1.54) is 18.2 Å². The third kappa shape index (κ3) is 2.96. The standard InChI is InChI=1S/C23H18N2O5S2/c26-12-5-6-15-18(11-12)29-20-16(7-8-17(27)19(20)25-22(32)24-9-10-31)23(15)14-4-2-1-3-13(14)21(28)30-23/h1-8,11,26-27,31H,9-10H2,(H2,24,25,32). The fourth-order valence-corrected chi connectivity index (χ4v) is 4.48. The molecule has 5 rings (SSSR count). The summed E-state index contributed by atoms with van der Waals surface area (Å²) in [6.07, 6.45) is 0. The Labute approximate surface area is 194 Å². The van der Waals surface area contributed by atoms with Crippen LogP contribution >= 0.6 is 24.8 Å². The highest BCUT2D eigenvalue weighted by Gasteiger charge is 2.54. The van der Waals surface area contributed by atoms with Crippen LogP contribution in [0.15, 0.2) is 54.6 Å². The Bertz CT molecular complexity index is 1280. The third-order valence-electron chi connectivity index (χ3n) is 5.48. The lowest BCUT2D eigenvalue weighted by Crippen LogP contribution is -2.34. The molecule has 0 saturated heterocycles. The number of carbonyl (C=O) groups excluding carboxylic acids is 1. The number of phenols is 2. The van der Waals surface area contributed by atoms with Gasteiger partial charge in [-0.1, -0.05) is 18.2 Å². The fourth-order valence-electron chi connectivity index (χ4n) is 4.16. The molecule has 9 heteroatoms. The molecule has 3 aromatic carbocycles. The second-order valence-corrected chi connectivity index (χ2v) is 8.20. The molecule has 2 heterocycles. The molecule has 1 atom stereocenters. The van der Waals surface area contributed by atoms with Crippen molar-refractivity contribution in [1.29, 1.82) is 0 Å². The zero-order chi connectivity index (χ0) is 22.5. The lowest BCUT2D eigenvalue weighted by molar-refractivity contribution is 0.0224. The van der Waals surface area contributed by atoms with Crippen LogP contribution in [0.3, 0.4) is 0 Å². The number of carbonyl (C=O) groups is 1. The average Bonchev–Trinajstić information content (AvgIpc) is 3.07. The van der Waals surface area contributed by atoms with Gasteiger partial charge in [-0.2, -0.15) is 12.6 Å². The van der Waals surface area contributed by atoms with E-state index in [0.29, 0.717) is 40.3 Å². The number of hydrogen-bond donors (Lipinski definition) is 5. The van der Waals surface area contributed by atoms with E-state index < -0.39 is 11.6 Å². The number of anilines is 1. The molecule has 0 amide bonds. The molecule has 0 aliphatic carbocycles. The van der Waals surface area contributed by atoms with Crippen molar-refractivity contribution >= 4 is 41.6 Å². The monoisotopic (exact) mass is 466 g/mol. The van der Waals surface area contributed by atoms with Crippen LogP contribution in [0, 0.1) is 0 Å². The summed E-state index contributed by atoms with van der Waals surface area (Å²) in [6.45, 7) is 0.525. The Morgan fingerprint density at radius 3 is 2.66 bits per heavy atom. The Balaban J connectivity index is 1.76. The molecule has 0 saturated carbocycles. The predicted octanol–water partition coefficient (Wildman–Crippen LogP) is 3.88. The molecule has 32 heavy (non-hydrogen) atoms. The molecule has 2 aliphatic heterocycles. The number of benzene rings is 3. The fraction of sp³-hybridized carbons (Fsp3) is 0.130. The maximum Gasteiger partial charge on any atom is 0.340 e. The molecule has 162 valence electrons. The Kier molecular flexibility index (Phi) is 4.87. The molecule has 2 aliphatic rings. The number of fused-ring (bicyclic) bond motifs is 6. The van der Waals surface area contributed by atoms with Gasteiger partial charge in [0, 0.05) is 29.5 Å². The summed E-state index contributed by atoms with van der Waals surface area (Å²) in [5, 5.41) is 26.9. The number of thiol groups is 1. The first-order chi connectivity index (χ1) is 15.5. The van der Waals surface area contributed by atoms with Gasteiger partial charge in [0.15, 0.2) is 16.5 Å². The summed E-state index contributed by atoms with van der Waals surface area (Å²) < 4.78 is 12.2. The molecule has 3 aromatic rings. The van der Waals surface area contributed by atoms with Crippen LogP contribution in [-0.2, 0) is 10.3 Å². The largest absolute Gasteiger partial charge is 0.508 e. The van der Waals surface area contributed by atoms with Crippen molar-refractivity contribution in [1.82, 2.24) is 5.32 Å². The maximum atomic E-state index is 12.9. The quantitative estimate of drug-likeness (QED) is 0.172. The second-order valence-electron chi connectivity index (χ2n) is 7.34. The van der Waals surface area contributed by atoms with Gasteiger partial charge in [-0.3, -0.25) is 0 Å². The zero-order valence-corrected chi connectivity index (χ0v) is 18.3. The first-order valence-electron chi connectivity index (χ1n) is 9.82. The van der Waals surface area contributed by atoms with Crippen LogP contribution in [-0.4, -0.2) is 33.6 Å². The number of esters is 1. The summed E-state index contributed by atoms with van der Waals surface area (Å²) in [5.74, 6) is 0.518. The predicted molar refractivity (Wildman–Crippen MR) is 126 cm³/mol. The molecule has 1 spiro atoms. The molecule has 0 bridgehead atoms. The van der Waals surface area contributed by atoms with E-state index in [-0.39, 0.29) is 28.0 Å². The molecule has 0 radical (unpaired) electrons. The van der Waals surface area contributed by atoms with E-state index in [0.717, 1.165) is 0 Å². The van der Waals surface area contributed by atoms with Crippen molar-refractivity contribution in [3.05, 3.63) is 76.9 Å². The van der Waals surface area contributed by atoms with E-state index >= 15 is 0 Å². The Morgan fingerprint density at radius 2 is 1.84 bits per heavy atom. The molecule has 7 nitrogen and oxygen atoms in total. The minimum absolute atomic E-state index is 0.0133. The van der Waals surface area contributed by atoms with Crippen LogP contribution in [0.5, 0.6) is 23.0 Å². The number of phenolic OH excluding ortho intramolecular Hbond substituents is 2. The number of aromatic hydroxyl groups is 2. The van der Waals surface area contributed by atoms with Crippen molar-refractivity contribution in [3.63, 3.8) is 0 Å². The lowest BCUT2D eigenvalue weighted by atomic mass is 9.77. The van der Waals surface area contributed by atoms with E-state index in [2.05, 4.69) is 23.3 Å². The highest BCUT2D eigenvalue weighted by molar-refractivity contribution is 7.80. The Hall–Kier alpha value is -3.43. The van der Waals surface area contributed by atoms with Crippen LogP contribution < -0.4 is 15.4 Å². The number of nitrogens with one attached hydrogen (secondary N) is 2. The molecule has 1 unspecified atom stereocenters. The van der Waals surface area contributed by atoms with Gasteiger partial charge >= 0.3 is 5.97 Å². The van der Waals surface area contributed by atoms with Gasteiger partial charge in [-0.15, -0.1) is 0 Å². The Morgan fingerprint density at radius 1 is 1.06 bits per heavy atom. The van der Waals surface area contributed by atoms with Gasteiger partial charge in [0.05, 0.1) is 11.1 Å². The number of hydrogen-bond acceptors (Lipinski definition) is 7. The van der Waals surface area contributed by atoms with Crippen LogP contribution in [0.1, 0.15) is 27.0 Å². The summed E-state index contributed by atoms with van der Waals surface area (Å²) in [6, 6.07) is 14.9. The highest BCUT2D eigenvalue weighted by Crippen LogP contribution is 2.59. The van der Waals surface area contributed by atoms with E-state index in [1.54, 1.807) is 24.3 Å². The first kappa shape index (κ1) is 20.5. The van der Waals surface area contributed by atoms with E-state index in [4.69, 9.17) is 21.7 Å². The molecule has 0 aromatic heterocycles.